The van der Waals surface area contributed by atoms with Gasteiger partial charge < -0.3 is 0 Å². The Morgan fingerprint density at radius 2 is 1.24 bits per heavy atom. The van der Waals surface area contributed by atoms with Gasteiger partial charge in [-0.15, -0.1) is 0 Å². The average Bonchev–Trinajstić information content (AvgIpc) is 2.63. The third-order valence-electron chi connectivity index (χ3n) is 4.63. The van der Waals surface area contributed by atoms with Gasteiger partial charge in [0.2, 0.25) is 0 Å². The minimum atomic E-state index is 0.303. The molecule has 3 aliphatic heterocycles. The van der Waals surface area contributed by atoms with Gasteiger partial charge in [0.25, 0.3) is 0 Å². The standard InChI is InChI=1S/C14H27N3/c1-14(2,3)17-12-8-4-6-10-15(12)16-11-7-5-9-13(16)17/h12-13H,4-11H2,1-3H3. The highest BCUT2D eigenvalue weighted by molar-refractivity contribution is 4.96. The quantitative estimate of drug-likeness (QED) is 0.641. The average molecular weight is 237 g/mol. The fourth-order valence-corrected chi connectivity index (χ4v) is 4.05. The largest absolute Gasteiger partial charge is 0.265 e. The molecule has 98 valence electrons. The molecule has 3 fully saturated rings. The smallest absolute Gasteiger partial charge is 0.0778 e. The first kappa shape index (κ1) is 11.9. The predicted octanol–water partition coefficient (Wildman–Crippen LogP) is 2.64. The summed E-state index contributed by atoms with van der Waals surface area (Å²) in [6.07, 6.45) is 9.70. The molecule has 17 heavy (non-hydrogen) atoms. The summed E-state index contributed by atoms with van der Waals surface area (Å²) in [6.45, 7) is 9.73. The van der Waals surface area contributed by atoms with Gasteiger partial charge in [0.15, 0.2) is 0 Å². The Kier molecular flexibility index (Phi) is 2.96. The van der Waals surface area contributed by atoms with Gasteiger partial charge in [0.1, 0.15) is 0 Å². The SMILES string of the molecule is CC(C)(C)N1C2CCCCN2N2CCCCC21. The van der Waals surface area contributed by atoms with E-state index in [0.29, 0.717) is 17.9 Å². The Labute approximate surface area is 106 Å². The fraction of sp³-hybridized carbons (Fsp3) is 1.00. The molecule has 3 nitrogen and oxygen atoms in total. The van der Waals surface area contributed by atoms with Crippen LogP contribution in [0.3, 0.4) is 0 Å². The van der Waals surface area contributed by atoms with Crippen molar-refractivity contribution < 1.29 is 0 Å². The van der Waals surface area contributed by atoms with Crippen LogP contribution in [0.15, 0.2) is 0 Å². The van der Waals surface area contributed by atoms with E-state index in [1.165, 1.54) is 51.6 Å². The minimum absolute atomic E-state index is 0.303. The number of piperidine rings is 2. The third-order valence-corrected chi connectivity index (χ3v) is 4.63. The molecule has 0 saturated carbocycles. The van der Waals surface area contributed by atoms with Crippen molar-refractivity contribution in [3.8, 4) is 0 Å². The van der Waals surface area contributed by atoms with Crippen LogP contribution in [0.25, 0.3) is 0 Å². The van der Waals surface area contributed by atoms with E-state index >= 15 is 0 Å². The fourth-order valence-electron chi connectivity index (χ4n) is 4.05. The zero-order valence-electron chi connectivity index (χ0n) is 11.7. The van der Waals surface area contributed by atoms with E-state index in [9.17, 15) is 0 Å². The second-order valence-electron chi connectivity index (χ2n) is 6.86. The monoisotopic (exact) mass is 237 g/mol. The summed E-state index contributed by atoms with van der Waals surface area (Å²) in [6, 6.07) is 0. The van der Waals surface area contributed by atoms with Crippen LogP contribution in [0.2, 0.25) is 0 Å². The van der Waals surface area contributed by atoms with Gasteiger partial charge in [0.05, 0.1) is 12.3 Å². The lowest BCUT2D eigenvalue weighted by Crippen LogP contribution is -2.52. The molecular weight excluding hydrogens is 210 g/mol. The van der Waals surface area contributed by atoms with Crippen molar-refractivity contribution in [2.75, 3.05) is 13.1 Å². The zero-order valence-corrected chi connectivity index (χ0v) is 11.7. The summed E-state index contributed by atoms with van der Waals surface area (Å²) >= 11 is 0. The lowest BCUT2D eigenvalue weighted by atomic mass is 9.99. The van der Waals surface area contributed by atoms with Gasteiger partial charge in [0, 0.05) is 18.6 Å². The van der Waals surface area contributed by atoms with Gasteiger partial charge in [-0.05, 0) is 59.3 Å². The Balaban J connectivity index is 1.90. The summed E-state index contributed by atoms with van der Waals surface area (Å²) < 4.78 is 0. The first-order valence-electron chi connectivity index (χ1n) is 7.41. The van der Waals surface area contributed by atoms with Crippen LogP contribution < -0.4 is 0 Å². The maximum atomic E-state index is 2.80. The highest BCUT2D eigenvalue weighted by Gasteiger charge is 2.50. The molecule has 3 aliphatic rings. The summed E-state index contributed by atoms with van der Waals surface area (Å²) in [4.78, 5) is 2.80. The molecule has 2 atom stereocenters. The second kappa shape index (κ2) is 4.22. The molecule has 3 rings (SSSR count). The van der Waals surface area contributed by atoms with Crippen molar-refractivity contribution in [3.63, 3.8) is 0 Å². The topological polar surface area (TPSA) is 9.72 Å². The molecule has 0 bridgehead atoms. The van der Waals surface area contributed by atoms with Crippen molar-refractivity contribution in [2.24, 2.45) is 0 Å². The number of rotatable bonds is 0. The lowest BCUT2D eigenvalue weighted by Gasteiger charge is -2.42. The number of hydrogen-bond acceptors (Lipinski definition) is 3. The van der Waals surface area contributed by atoms with Crippen LogP contribution >= 0.6 is 0 Å². The lowest BCUT2D eigenvalue weighted by molar-refractivity contribution is -0.0546. The van der Waals surface area contributed by atoms with Crippen LogP contribution in [-0.4, -0.2) is 45.9 Å². The molecule has 0 aliphatic carbocycles. The molecule has 0 aromatic carbocycles. The van der Waals surface area contributed by atoms with E-state index in [-0.39, 0.29) is 0 Å². The molecule has 0 amide bonds. The first-order chi connectivity index (χ1) is 8.09. The number of fused-ring (bicyclic) bond motifs is 3. The van der Waals surface area contributed by atoms with Crippen LogP contribution in [-0.2, 0) is 0 Å². The van der Waals surface area contributed by atoms with Crippen LogP contribution in [0.1, 0.15) is 59.3 Å². The van der Waals surface area contributed by atoms with Gasteiger partial charge >= 0.3 is 0 Å². The molecule has 0 spiro atoms. The van der Waals surface area contributed by atoms with E-state index in [4.69, 9.17) is 0 Å². The van der Waals surface area contributed by atoms with Gasteiger partial charge in [-0.3, -0.25) is 4.90 Å². The van der Waals surface area contributed by atoms with Crippen molar-refractivity contribution in [3.05, 3.63) is 0 Å². The molecule has 0 aromatic heterocycles. The maximum absolute atomic E-state index is 2.80. The van der Waals surface area contributed by atoms with Crippen LogP contribution in [0, 0.1) is 0 Å². The molecule has 3 heteroatoms. The summed E-state index contributed by atoms with van der Waals surface area (Å²) in [5.41, 5.74) is 0.303. The first-order valence-corrected chi connectivity index (χ1v) is 7.41. The normalized spacial score (nSPS) is 36.9. The molecule has 0 radical (unpaired) electrons. The Bertz CT molecular complexity index is 262. The van der Waals surface area contributed by atoms with Gasteiger partial charge in [-0.25, -0.2) is 10.0 Å². The van der Waals surface area contributed by atoms with E-state index in [0.717, 1.165) is 0 Å². The highest BCUT2D eigenvalue weighted by atomic mass is 15.8. The van der Waals surface area contributed by atoms with Gasteiger partial charge in [-0.1, -0.05) is 0 Å². The summed E-state index contributed by atoms with van der Waals surface area (Å²) in [5, 5.41) is 5.39. The van der Waals surface area contributed by atoms with Crippen molar-refractivity contribution in [1.82, 2.24) is 14.9 Å². The molecule has 2 unspecified atom stereocenters. The van der Waals surface area contributed by atoms with Crippen LogP contribution in [0.4, 0.5) is 0 Å². The number of hydrogen-bond donors (Lipinski definition) is 0. The van der Waals surface area contributed by atoms with Gasteiger partial charge in [-0.2, -0.15) is 0 Å². The minimum Gasteiger partial charge on any atom is -0.265 e. The molecule has 3 heterocycles. The van der Waals surface area contributed by atoms with Crippen molar-refractivity contribution in [2.45, 2.75) is 77.2 Å². The van der Waals surface area contributed by atoms with Crippen LogP contribution in [0.5, 0.6) is 0 Å². The molecule has 0 aromatic rings. The molecule has 3 saturated heterocycles. The third kappa shape index (κ3) is 1.92. The summed E-state index contributed by atoms with van der Waals surface area (Å²) in [5.74, 6) is 0. The molecule has 0 N–H and O–H groups in total. The zero-order chi connectivity index (χ0) is 12.0. The Morgan fingerprint density at radius 1 is 0.765 bits per heavy atom. The Morgan fingerprint density at radius 3 is 1.65 bits per heavy atom. The highest BCUT2D eigenvalue weighted by Crippen LogP contribution is 2.40. The second-order valence-corrected chi connectivity index (χ2v) is 6.86. The predicted molar refractivity (Wildman–Crippen MR) is 70.3 cm³/mol. The van der Waals surface area contributed by atoms with Crippen molar-refractivity contribution >= 4 is 0 Å². The van der Waals surface area contributed by atoms with E-state index < -0.39 is 0 Å². The van der Waals surface area contributed by atoms with E-state index in [2.05, 4.69) is 35.7 Å². The summed E-state index contributed by atoms with van der Waals surface area (Å²) in [7, 11) is 0. The molecular formula is C14H27N3. The maximum Gasteiger partial charge on any atom is 0.0778 e. The Hall–Kier alpha value is -0.120. The number of nitrogens with zero attached hydrogens (tertiary/aromatic N) is 3. The van der Waals surface area contributed by atoms with E-state index in [1.54, 1.807) is 0 Å². The number of hydrazine groups is 1. The van der Waals surface area contributed by atoms with Crippen molar-refractivity contribution in [1.29, 1.82) is 0 Å². The van der Waals surface area contributed by atoms with E-state index in [1.807, 2.05) is 0 Å².